The van der Waals surface area contributed by atoms with E-state index >= 15 is 0 Å². The van der Waals surface area contributed by atoms with Crippen LogP contribution in [0.25, 0.3) is 11.4 Å². The van der Waals surface area contributed by atoms with Crippen LogP contribution in [0.15, 0.2) is 53.3 Å². The Labute approximate surface area is 210 Å². The number of benzene rings is 2. The van der Waals surface area contributed by atoms with E-state index in [2.05, 4.69) is 5.10 Å². The quantitative estimate of drug-likeness (QED) is 0.417. The second-order valence-electron chi connectivity index (χ2n) is 7.99. The smallest absolute Gasteiger partial charge is 0.382 e. The molecular formula is C23H17ClF6N4O3. The minimum Gasteiger partial charge on any atom is -0.382 e. The maximum Gasteiger partial charge on any atom is 0.416 e. The lowest BCUT2D eigenvalue weighted by Gasteiger charge is -2.15. The molecule has 1 N–H and O–H groups in total. The number of aliphatic hydroxyl groups excluding tert-OH is 1. The molecule has 3 rings (SSSR count). The highest BCUT2D eigenvalue weighted by atomic mass is 35.5. The normalized spacial score (nSPS) is 13.7. The number of ketones is 1. The zero-order chi connectivity index (χ0) is 27.5. The summed E-state index contributed by atoms with van der Waals surface area (Å²) in [5, 5.41) is 23.1. The Morgan fingerprint density at radius 3 is 2.32 bits per heavy atom. The lowest BCUT2D eigenvalue weighted by molar-refractivity contribution is -0.207. The molecule has 0 saturated heterocycles. The van der Waals surface area contributed by atoms with Gasteiger partial charge in [-0.2, -0.15) is 31.6 Å². The van der Waals surface area contributed by atoms with Crippen LogP contribution in [0.4, 0.5) is 26.3 Å². The molecule has 1 aromatic heterocycles. The lowest BCUT2D eigenvalue weighted by Crippen LogP contribution is -2.37. The van der Waals surface area contributed by atoms with Crippen LogP contribution in [-0.4, -0.2) is 37.5 Å². The van der Waals surface area contributed by atoms with Crippen molar-refractivity contribution >= 4 is 17.4 Å². The third-order valence-corrected chi connectivity index (χ3v) is 5.54. The molecule has 7 nitrogen and oxygen atoms in total. The van der Waals surface area contributed by atoms with Crippen molar-refractivity contribution in [3.8, 4) is 17.5 Å². The molecule has 37 heavy (non-hydrogen) atoms. The highest BCUT2D eigenvalue weighted by Gasteiger charge is 2.39. The van der Waals surface area contributed by atoms with Gasteiger partial charge >= 0.3 is 18.0 Å². The van der Waals surface area contributed by atoms with E-state index in [0.717, 1.165) is 18.2 Å². The van der Waals surface area contributed by atoms with E-state index in [4.69, 9.17) is 11.6 Å². The number of carbonyl (C=O) groups is 1. The fraction of sp³-hybridized carbons (Fsp3) is 0.304. The van der Waals surface area contributed by atoms with Crippen LogP contribution < -0.4 is 5.69 Å². The van der Waals surface area contributed by atoms with Gasteiger partial charge < -0.3 is 5.11 Å². The second kappa shape index (κ2) is 10.8. The topological polar surface area (TPSA) is 101 Å². The van der Waals surface area contributed by atoms with Gasteiger partial charge in [-0.25, -0.2) is 9.48 Å². The zero-order valence-electron chi connectivity index (χ0n) is 18.6. The van der Waals surface area contributed by atoms with Crippen LogP contribution in [0.5, 0.6) is 0 Å². The molecule has 3 aromatic rings. The van der Waals surface area contributed by atoms with Crippen LogP contribution in [0.2, 0.25) is 5.02 Å². The van der Waals surface area contributed by atoms with Crippen molar-refractivity contribution in [2.45, 2.75) is 43.9 Å². The van der Waals surface area contributed by atoms with Crippen LogP contribution in [0.3, 0.4) is 0 Å². The Balaban J connectivity index is 1.90. The number of hydrogen-bond donors (Lipinski definition) is 1. The Morgan fingerprint density at radius 1 is 1.11 bits per heavy atom. The van der Waals surface area contributed by atoms with E-state index in [9.17, 15) is 46.3 Å². The Hall–Kier alpha value is -3.63. The lowest BCUT2D eigenvalue weighted by atomic mass is 9.93. The van der Waals surface area contributed by atoms with E-state index in [1.807, 2.05) is 0 Å². The number of carbonyl (C=O) groups excluding carboxylic acids is 1. The summed E-state index contributed by atoms with van der Waals surface area (Å²) < 4.78 is 79.0. The fourth-order valence-corrected chi connectivity index (χ4v) is 3.55. The third kappa shape index (κ3) is 6.78. The average molecular weight is 547 g/mol. The van der Waals surface area contributed by atoms with E-state index in [-0.39, 0.29) is 17.0 Å². The Kier molecular flexibility index (Phi) is 8.14. The highest BCUT2D eigenvalue weighted by molar-refractivity contribution is 6.30. The van der Waals surface area contributed by atoms with Gasteiger partial charge in [-0.3, -0.25) is 9.36 Å². The number of hydrogen-bond acceptors (Lipinski definition) is 5. The maximum atomic E-state index is 13.0. The highest BCUT2D eigenvalue weighted by Crippen LogP contribution is 2.32. The van der Waals surface area contributed by atoms with Gasteiger partial charge in [0.15, 0.2) is 17.7 Å². The van der Waals surface area contributed by atoms with Crippen molar-refractivity contribution in [2.75, 3.05) is 0 Å². The molecule has 2 aromatic carbocycles. The van der Waals surface area contributed by atoms with Crippen molar-refractivity contribution < 1.29 is 36.2 Å². The molecule has 0 aliphatic rings. The monoisotopic (exact) mass is 546 g/mol. The number of Topliss-reactive ketones (excluding diaryl/α,β-unsaturated/α-hetero) is 1. The molecule has 14 heteroatoms. The largest absolute Gasteiger partial charge is 0.416 e. The summed E-state index contributed by atoms with van der Waals surface area (Å²) in [7, 11) is 0. The molecule has 1 heterocycles. The van der Waals surface area contributed by atoms with Crippen LogP contribution in [0.1, 0.15) is 23.5 Å². The first-order valence-electron chi connectivity index (χ1n) is 10.5. The van der Waals surface area contributed by atoms with E-state index in [1.54, 1.807) is 6.07 Å². The SMILES string of the molecule is N#C[C@@H](CC(=O)Cn1nc(-c2ccc(Cl)cc2)n(C[C@H](O)C(F)(F)F)c1=O)c1cccc(C(F)(F)F)c1. The Morgan fingerprint density at radius 2 is 1.76 bits per heavy atom. The molecule has 2 atom stereocenters. The van der Waals surface area contributed by atoms with Gasteiger partial charge in [0.05, 0.1) is 24.1 Å². The fourth-order valence-electron chi connectivity index (χ4n) is 3.43. The van der Waals surface area contributed by atoms with Crippen LogP contribution >= 0.6 is 11.6 Å². The number of nitriles is 1. The first-order chi connectivity index (χ1) is 17.2. The van der Waals surface area contributed by atoms with Crippen molar-refractivity contribution in [1.82, 2.24) is 14.3 Å². The third-order valence-electron chi connectivity index (χ3n) is 5.29. The van der Waals surface area contributed by atoms with Gasteiger partial charge in [-0.15, -0.1) is 5.10 Å². The minimum atomic E-state index is -5.04. The predicted molar refractivity (Wildman–Crippen MR) is 118 cm³/mol. The van der Waals surface area contributed by atoms with Crippen molar-refractivity contribution in [3.05, 3.63) is 75.2 Å². The van der Waals surface area contributed by atoms with Gasteiger partial charge in [-0.05, 0) is 35.9 Å². The number of nitrogens with zero attached hydrogens (tertiary/aromatic N) is 4. The van der Waals surface area contributed by atoms with Crippen molar-refractivity contribution in [3.63, 3.8) is 0 Å². The maximum absolute atomic E-state index is 13.0. The van der Waals surface area contributed by atoms with Gasteiger partial charge in [-0.1, -0.05) is 29.8 Å². The van der Waals surface area contributed by atoms with Crippen molar-refractivity contribution in [1.29, 1.82) is 5.26 Å². The van der Waals surface area contributed by atoms with Gasteiger partial charge in [0.25, 0.3) is 0 Å². The molecule has 0 aliphatic heterocycles. The average Bonchev–Trinajstić information content (AvgIpc) is 3.11. The molecule has 0 saturated carbocycles. The number of alkyl halides is 6. The zero-order valence-corrected chi connectivity index (χ0v) is 19.3. The van der Waals surface area contributed by atoms with E-state index in [1.165, 1.54) is 30.3 Å². The molecule has 0 aliphatic carbocycles. The first-order valence-corrected chi connectivity index (χ1v) is 10.9. The molecule has 0 unspecified atom stereocenters. The standard InChI is InChI=1S/C23H17ClF6N4O3/c24-17-6-4-13(5-7-17)20-32-34(21(37)33(20)12-19(36)23(28,29)30)11-18(35)9-15(10-31)14-2-1-3-16(8-14)22(25,26)27/h1-8,15,19,36H,9,11-12H2/t15-,19+/m1/s1. The predicted octanol–water partition coefficient (Wildman–Crippen LogP) is 4.57. The van der Waals surface area contributed by atoms with E-state index in [0.29, 0.717) is 14.3 Å². The summed E-state index contributed by atoms with van der Waals surface area (Å²) in [5.74, 6) is -2.35. The van der Waals surface area contributed by atoms with Gasteiger partial charge in [0.2, 0.25) is 0 Å². The van der Waals surface area contributed by atoms with E-state index < -0.39 is 60.9 Å². The second-order valence-corrected chi connectivity index (χ2v) is 8.42. The molecular weight excluding hydrogens is 530 g/mol. The summed E-state index contributed by atoms with van der Waals surface area (Å²) in [6.07, 6.45) is -13.2. The Bertz CT molecular complexity index is 1370. The van der Waals surface area contributed by atoms with Gasteiger partial charge in [0.1, 0.15) is 6.54 Å². The number of aromatic nitrogens is 3. The number of aliphatic hydroxyl groups is 1. The number of rotatable bonds is 8. The van der Waals surface area contributed by atoms with Crippen molar-refractivity contribution in [2.24, 2.45) is 0 Å². The molecule has 0 fully saturated rings. The molecule has 0 bridgehead atoms. The molecule has 196 valence electrons. The molecule has 0 amide bonds. The summed E-state index contributed by atoms with van der Waals surface area (Å²) in [6.45, 7) is -1.98. The summed E-state index contributed by atoms with van der Waals surface area (Å²) >= 11 is 5.82. The first kappa shape index (κ1) is 27.9. The van der Waals surface area contributed by atoms with Crippen LogP contribution in [0, 0.1) is 11.3 Å². The minimum absolute atomic E-state index is 0.0706. The summed E-state index contributed by atoms with van der Waals surface area (Å²) in [4.78, 5) is 25.5. The number of halogens is 7. The summed E-state index contributed by atoms with van der Waals surface area (Å²) in [5.41, 5.74) is -2.06. The van der Waals surface area contributed by atoms with Crippen LogP contribution in [-0.2, 0) is 24.1 Å². The molecule has 0 spiro atoms. The molecule has 0 radical (unpaired) electrons. The van der Waals surface area contributed by atoms with Gasteiger partial charge in [0, 0.05) is 17.0 Å². The summed E-state index contributed by atoms with van der Waals surface area (Å²) in [6, 6.07) is 11.1.